The van der Waals surface area contributed by atoms with Gasteiger partial charge in [0.25, 0.3) is 0 Å². The van der Waals surface area contributed by atoms with Crippen molar-refractivity contribution in [3.05, 3.63) is 144 Å². The predicted molar refractivity (Wildman–Crippen MR) is 133 cm³/mol. The van der Waals surface area contributed by atoms with Gasteiger partial charge in [-0.2, -0.15) is 27.1 Å². The number of ether oxygens (including phenoxy) is 1. The second-order valence-corrected chi connectivity index (χ2v) is 8.44. The van der Waals surface area contributed by atoms with Crippen LogP contribution in [0.15, 0.2) is 114 Å². The molecule has 37 heavy (non-hydrogen) atoms. The van der Waals surface area contributed by atoms with E-state index in [0.29, 0.717) is 11.4 Å². The van der Waals surface area contributed by atoms with E-state index in [4.69, 9.17) is 14.1 Å². The molecule has 0 saturated carbocycles. The van der Waals surface area contributed by atoms with Gasteiger partial charge in [-0.05, 0) is 46.3 Å². The first-order valence-electron chi connectivity index (χ1n) is 11.5. The minimum absolute atomic E-state index is 0. The first kappa shape index (κ1) is 23.1. The van der Waals surface area contributed by atoms with Crippen molar-refractivity contribution in [2.75, 3.05) is 0 Å². The van der Waals surface area contributed by atoms with Crippen molar-refractivity contribution in [3.63, 3.8) is 0 Å². The van der Waals surface area contributed by atoms with E-state index in [2.05, 4.69) is 83.0 Å². The summed E-state index contributed by atoms with van der Waals surface area (Å²) < 4.78 is 11.6. The Morgan fingerprint density at radius 3 is 2.14 bits per heavy atom. The summed E-state index contributed by atoms with van der Waals surface area (Å²) >= 11 is 0. The summed E-state index contributed by atoms with van der Waals surface area (Å²) in [5, 5.41) is 8.21. The van der Waals surface area contributed by atoms with Crippen LogP contribution in [0.2, 0.25) is 0 Å². The number of furan rings is 1. The summed E-state index contributed by atoms with van der Waals surface area (Å²) in [4.78, 5) is 6.27. The van der Waals surface area contributed by atoms with E-state index in [1.807, 2.05) is 30.5 Å². The topological polar surface area (TPSA) is 66.0 Å². The third-order valence-corrected chi connectivity index (χ3v) is 6.52. The van der Waals surface area contributed by atoms with Gasteiger partial charge in [0, 0.05) is 11.9 Å². The molecule has 0 fully saturated rings. The van der Waals surface area contributed by atoms with Crippen LogP contribution in [0.5, 0.6) is 11.7 Å². The number of benzene rings is 3. The van der Waals surface area contributed by atoms with Crippen molar-refractivity contribution in [1.82, 2.24) is 20.0 Å². The molecule has 0 saturated heterocycles. The maximum Gasteiger partial charge on any atom is 2.00 e. The Kier molecular flexibility index (Phi) is 5.82. The molecule has 0 radical (unpaired) electrons. The van der Waals surface area contributed by atoms with E-state index in [1.165, 1.54) is 22.2 Å². The minimum atomic E-state index is -0.648. The molecular formula is C30H18N4O2Pt. The van der Waals surface area contributed by atoms with Gasteiger partial charge in [0.2, 0.25) is 0 Å². The van der Waals surface area contributed by atoms with E-state index in [9.17, 15) is 0 Å². The first-order chi connectivity index (χ1) is 17.8. The zero-order chi connectivity index (χ0) is 24.0. The van der Waals surface area contributed by atoms with Crippen LogP contribution in [0, 0.1) is 12.1 Å². The van der Waals surface area contributed by atoms with Crippen LogP contribution in [0.4, 0.5) is 0 Å². The Hall–Kier alpha value is -4.28. The molecule has 1 aliphatic rings. The molecule has 180 valence electrons. The van der Waals surface area contributed by atoms with Crippen molar-refractivity contribution >= 4 is 0 Å². The van der Waals surface area contributed by atoms with Crippen LogP contribution >= 0.6 is 0 Å². The molecule has 0 atom stereocenters. The van der Waals surface area contributed by atoms with Crippen LogP contribution in [-0.4, -0.2) is 20.0 Å². The molecule has 1 aliphatic carbocycles. The van der Waals surface area contributed by atoms with E-state index in [1.54, 1.807) is 12.4 Å². The van der Waals surface area contributed by atoms with Gasteiger partial charge in [-0.15, -0.1) is 23.8 Å². The average Bonchev–Trinajstić information content (AvgIpc) is 3.68. The zero-order valence-corrected chi connectivity index (χ0v) is 21.6. The molecule has 0 amide bonds. The van der Waals surface area contributed by atoms with Crippen LogP contribution in [0.1, 0.15) is 22.4 Å². The monoisotopic (exact) mass is 661 g/mol. The van der Waals surface area contributed by atoms with Crippen molar-refractivity contribution in [1.29, 1.82) is 0 Å². The van der Waals surface area contributed by atoms with Crippen molar-refractivity contribution in [3.8, 4) is 28.5 Å². The van der Waals surface area contributed by atoms with Crippen LogP contribution in [0.25, 0.3) is 16.8 Å². The molecule has 0 aliphatic heterocycles. The molecule has 0 N–H and O–H groups in total. The molecule has 6 aromatic rings. The van der Waals surface area contributed by atoms with Gasteiger partial charge in [-0.1, -0.05) is 54.6 Å². The normalized spacial score (nSPS) is 12.9. The Morgan fingerprint density at radius 1 is 0.730 bits per heavy atom. The van der Waals surface area contributed by atoms with Gasteiger partial charge in [0.1, 0.15) is 0 Å². The third-order valence-electron chi connectivity index (χ3n) is 6.52. The fraction of sp³-hybridized carbons (Fsp3) is 0.0333. The zero-order valence-electron chi connectivity index (χ0n) is 19.3. The fourth-order valence-corrected chi connectivity index (χ4v) is 5.11. The summed E-state index contributed by atoms with van der Waals surface area (Å²) in [6.07, 6.45) is 6.52. The molecule has 3 heterocycles. The number of fused-ring (bicyclic) bond motifs is 3. The molecule has 3 aromatic heterocycles. The largest absolute Gasteiger partial charge is 2.00 e. The molecule has 0 unspecified atom stereocenters. The van der Waals surface area contributed by atoms with Gasteiger partial charge in [-0.3, -0.25) is 4.98 Å². The molecule has 0 spiro atoms. The number of nitrogens with zero attached hydrogens (tertiary/aromatic N) is 4. The predicted octanol–water partition coefficient (Wildman–Crippen LogP) is 6.01. The Morgan fingerprint density at radius 2 is 1.43 bits per heavy atom. The van der Waals surface area contributed by atoms with Gasteiger partial charge in [0.05, 0.1) is 23.5 Å². The summed E-state index contributed by atoms with van der Waals surface area (Å²) in [5.74, 6) is 0.713. The Balaban J connectivity index is 0.00000252. The number of aromatic nitrogens is 4. The summed E-state index contributed by atoms with van der Waals surface area (Å²) in [5.41, 5.74) is 6.46. The smallest absolute Gasteiger partial charge is 0.539 e. The molecular weight excluding hydrogens is 643 g/mol. The molecule has 6 nitrogen and oxygen atoms in total. The summed E-state index contributed by atoms with van der Waals surface area (Å²) in [7, 11) is 0. The number of hydrogen-bond donors (Lipinski definition) is 0. The minimum Gasteiger partial charge on any atom is -0.539 e. The molecule has 7 rings (SSSR count). The van der Waals surface area contributed by atoms with Crippen LogP contribution < -0.4 is 4.74 Å². The standard InChI is InChI=1S/C30H18N4O2.Pt/c1-3-12-26-24(10-1)25-11-2-4-13-27(25)30(26,28-14-5-6-15-31-28)21-8-7-9-23(18-21)36-29-19-22(20-35-29)34-32-16-17-33-34;/h1-17,20H;/q-2;+2. The number of hydrogen-bond acceptors (Lipinski definition) is 5. The van der Waals surface area contributed by atoms with Crippen molar-refractivity contribution in [2.45, 2.75) is 5.41 Å². The molecule has 3 aromatic carbocycles. The maximum absolute atomic E-state index is 6.05. The van der Waals surface area contributed by atoms with E-state index >= 15 is 0 Å². The van der Waals surface area contributed by atoms with Crippen molar-refractivity contribution < 1.29 is 30.2 Å². The van der Waals surface area contributed by atoms with Gasteiger partial charge >= 0.3 is 21.1 Å². The number of pyridine rings is 1. The number of rotatable bonds is 5. The second kappa shape index (κ2) is 9.30. The SMILES string of the molecule is [Pt+2].[c-]1c(Oc2[c-]c(-n3nccn3)co2)cccc1C1(c2ccccn2)c2ccccc2-c2ccccc21. The van der Waals surface area contributed by atoms with Gasteiger partial charge in [0.15, 0.2) is 5.95 Å². The van der Waals surface area contributed by atoms with Crippen molar-refractivity contribution in [2.24, 2.45) is 0 Å². The maximum atomic E-state index is 6.05. The van der Waals surface area contributed by atoms with Crippen LogP contribution in [-0.2, 0) is 26.5 Å². The van der Waals surface area contributed by atoms with Crippen LogP contribution in [0.3, 0.4) is 0 Å². The Bertz CT molecular complexity index is 1630. The first-order valence-corrected chi connectivity index (χ1v) is 11.5. The van der Waals surface area contributed by atoms with Gasteiger partial charge < -0.3 is 9.15 Å². The summed E-state index contributed by atoms with van der Waals surface area (Å²) in [6, 6.07) is 35.5. The Labute approximate surface area is 227 Å². The fourth-order valence-electron chi connectivity index (χ4n) is 5.11. The quantitative estimate of drug-likeness (QED) is 0.212. The average molecular weight is 662 g/mol. The second-order valence-electron chi connectivity index (χ2n) is 8.44. The van der Waals surface area contributed by atoms with E-state index in [0.717, 1.165) is 22.4 Å². The summed E-state index contributed by atoms with van der Waals surface area (Å²) in [6.45, 7) is 0. The van der Waals surface area contributed by atoms with E-state index in [-0.39, 0.29) is 27.0 Å². The van der Waals surface area contributed by atoms with E-state index < -0.39 is 5.41 Å². The molecule has 7 heteroatoms. The van der Waals surface area contributed by atoms with Gasteiger partial charge in [-0.25, -0.2) is 0 Å². The third kappa shape index (κ3) is 3.64. The molecule has 0 bridgehead atoms.